The number of amides is 4. The van der Waals surface area contributed by atoms with Crippen LogP contribution < -0.4 is 5.32 Å². The standard InChI is InChI=1S/C23H25N3O4/c1-4-5-12-26-22(29)18-11-10-17(13-19(18)23(26)30)21(28)25(3)14-15-6-8-16(9-7-15)20(27)24-2/h6-11,13H,4-5,12,14H2,1-3H3,(H,24,27). The SMILES string of the molecule is CCCCN1C(=O)c2ccc(C(=O)N(C)Cc3ccc(C(=O)NC)cc3)cc2C1=O. The molecule has 1 aliphatic rings. The Bertz CT molecular complexity index is 998. The second-order valence-corrected chi connectivity index (χ2v) is 7.31. The lowest BCUT2D eigenvalue weighted by atomic mass is 10.0. The minimum absolute atomic E-state index is 0.170. The van der Waals surface area contributed by atoms with Crippen molar-refractivity contribution in [3.8, 4) is 0 Å². The Morgan fingerprint density at radius 1 is 0.967 bits per heavy atom. The van der Waals surface area contributed by atoms with E-state index in [2.05, 4.69) is 5.32 Å². The molecule has 1 heterocycles. The van der Waals surface area contributed by atoms with E-state index in [-0.39, 0.29) is 29.2 Å². The highest BCUT2D eigenvalue weighted by Crippen LogP contribution is 2.25. The predicted molar refractivity (Wildman–Crippen MR) is 112 cm³/mol. The molecule has 0 unspecified atom stereocenters. The molecule has 3 rings (SSSR count). The fourth-order valence-electron chi connectivity index (χ4n) is 3.41. The number of benzene rings is 2. The molecule has 0 atom stereocenters. The van der Waals surface area contributed by atoms with Crippen LogP contribution in [0.25, 0.3) is 0 Å². The number of hydrogen-bond donors (Lipinski definition) is 1. The third kappa shape index (κ3) is 4.10. The van der Waals surface area contributed by atoms with Crippen LogP contribution in [0.1, 0.15) is 66.8 Å². The van der Waals surface area contributed by atoms with Gasteiger partial charge in [0.25, 0.3) is 23.6 Å². The molecular weight excluding hydrogens is 382 g/mol. The van der Waals surface area contributed by atoms with Crippen molar-refractivity contribution in [1.82, 2.24) is 15.1 Å². The summed E-state index contributed by atoms with van der Waals surface area (Å²) in [6.07, 6.45) is 1.63. The fourth-order valence-corrected chi connectivity index (χ4v) is 3.41. The zero-order valence-corrected chi connectivity index (χ0v) is 17.4. The van der Waals surface area contributed by atoms with E-state index >= 15 is 0 Å². The topological polar surface area (TPSA) is 86.8 Å². The number of carbonyl (C=O) groups excluding carboxylic acids is 4. The van der Waals surface area contributed by atoms with E-state index in [1.165, 1.54) is 15.9 Å². The second-order valence-electron chi connectivity index (χ2n) is 7.31. The van der Waals surface area contributed by atoms with E-state index in [1.54, 1.807) is 50.5 Å². The molecule has 156 valence electrons. The summed E-state index contributed by atoms with van der Waals surface area (Å²) in [5, 5.41) is 2.56. The third-order valence-corrected chi connectivity index (χ3v) is 5.16. The van der Waals surface area contributed by atoms with Crippen LogP contribution in [-0.4, -0.2) is 54.1 Å². The first-order chi connectivity index (χ1) is 14.4. The van der Waals surface area contributed by atoms with Crippen LogP contribution in [-0.2, 0) is 6.54 Å². The first-order valence-corrected chi connectivity index (χ1v) is 9.94. The normalized spacial score (nSPS) is 12.7. The molecule has 4 amide bonds. The van der Waals surface area contributed by atoms with Gasteiger partial charge in [0.15, 0.2) is 0 Å². The smallest absolute Gasteiger partial charge is 0.261 e. The average molecular weight is 407 g/mol. The molecule has 2 aromatic rings. The van der Waals surface area contributed by atoms with Crippen LogP contribution in [0.4, 0.5) is 0 Å². The molecule has 0 bridgehead atoms. The van der Waals surface area contributed by atoms with Gasteiger partial charge in [-0.3, -0.25) is 24.1 Å². The predicted octanol–water partition coefficient (Wildman–Crippen LogP) is 2.71. The highest BCUT2D eigenvalue weighted by Gasteiger charge is 2.35. The molecule has 0 saturated heterocycles. The summed E-state index contributed by atoms with van der Waals surface area (Å²) in [7, 11) is 3.24. The van der Waals surface area contributed by atoms with E-state index in [1.807, 2.05) is 6.92 Å². The van der Waals surface area contributed by atoms with Gasteiger partial charge in [0.05, 0.1) is 11.1 Å². The molecule has 0 aromatic heterocycles. The van der Waals surface area contributed by atoms with Gasteiger partial charge < -0.3 is 10.2 Å². The van der Waals surface area contributed by atoms with E-state index in [0.717, 1.165) is 18.4 Å². The summed E-state index contributed by atoms with van der Waals surface area (Å²) in [6, 6.07) is 11.7. The maximum absolute atomic E-state index is 12.9. The quantitative estimate of drug-likeness (QED) is 0.715. The first kappa shape index (κ1) is 21.2. The molecule has 2 aromatic carbocycles. The molecule has 1 aliphatic heterocycles. The Labute approximate surface area is 175 Å². The van der Waals surface area contributed by atoms with Crippen LogP contribution >= 0.6 is 0 Å². The van der Waals surface area contributed by atoms with Gasteiger partial charge in [-0.15, -0.1) is 0 Å². The van der Waals surface area contributed by atoms with E-state index in [4.69, 9.17) is 0 Å². The molecule has 1 N–H and O–H groups in total. The number of imide groups is 1. The van der Waals surface area contributed by atoms with Crippen molar-refractivity contribution in [1.29, 1.82) is 0 Å². The number of hydrogen-bond acceptors (Lipinski definition) is 4. The minimum atomic E-state index is -0.342. The lowest BCUT2D eigenvalue weighted by Crippen LogP contribution is -2.30. The summed E-state index contributed by atoms with van der Waals surface area (Å²) < 4.78 is 0. The maximum Gasteiger partial charge on any atom is 0.261 e. The summed E-state index contributed by atoms with van der Waals surface area (Å²) >= 11 is 0. The van der Waals surface area contributed by atoms with Crippen molar-refractivity contribution in [3.63, 3.8) is 0 Å². The van der Waals surface area contributed by atoms with Gasteiger partial charge in [-0.25, -0.2) is 0 Å². The van der Waals surface area contributed by atoms with Gasteiger partial charge in [0, 0.05) is 38.3 Å². The highest BCUT2D eigenvalue weighted by molar-refractivity contribution is 6.22. The van der Waals surface area contributed by atoms with E-state index in [0.29, 0.717) is 29.8 Å². The Hall–Kier alpha value is -3.48. The van der Waals surface area contributed by atoms with Crippen molar-refractivity contribution < 1.29 is 19.2 Å². The maximum atomic E-state index is 12.9. The lowest BCUT2D eigenvalue weighted by Gasteiger charge is -2.18. The van der Waals surface area contributed by atoms with Gasteiger partial charge >= 0.3 is 0 Å². The van der Waals surface area contributed by atoms with Crippen LogP contribution in [0.15, 0.2) is 42.5 Å². The number of nitrogens with zero attached hydrogens (tertiary/aromatic N) is 2. The molecule has 0 aliphatic carbocycles. The van der Waals surface area contributed by atoms with E-state index < -0.39 is 0 Å². The summed E-state index contributed by atoms with van der Waals surface area (Å²) in [6.45, 7) is 2.73. The molecule has 0 saturated carbocycles. The zero-order chi connectivity index (χ0) is 21.8. The van der Waals surface area contributed by atoms with Gasteiger partial charge in [0.1, 0.15) is 0 Å². The molecule has 0 spiro atoms. The van der Waals surface area contributed by atoms with Crippen LogP contribution in [0.3, 0.4) is 0 Å². The molecular formula is C23H25N3O4. The fraction of sp³-hybridized carbons (Fsp3) is 0.304. The van der Waals surface area contributed by atoms with Crippen molar-refractivity contribution in [2.45, 2.75) is 26.3 Å². The Kier molecular flexibility index (Phi) is 6.30. The number of fused-ring (bicyclic) bond motifs is 1. The number of carbonyl (C=O) groups is 4. The van der Waals surface area contributed by atoms with Crippen LogP contribution in [0.2, 0.25) is 0 Å². The summed E-state index contributed by atoms with van der Waals surface area (Å²) in [4.78, 5) is 52.3. The van der Waals surface area contributed by atoms with Crippen LogP contribution in [0, 0.1) is 0 Å². The van der Waals surface area contributed by atoms with Crippen molar-refractivity contribution in [2.24, 2.45) is 0 Å². The molecule has 0 radical (unpaired) electrons. The zero-order valence-electron chi connectivity index (χ0n) is 17.4. The number of nitrogens with one attached hydrogen (secondary N) is 1. The molecule has 30 heavy (non-hydrogen) atoms. The highest BCUT2D eigenvalue weighted by atomic mass is 16.2. The summed E-state index contributed by atoms with van der Waals surface area (Å²) in [5.41, 5.74) is 2.41. The summed E-state index contributed by atoms with van der Waals surface area (Å²) in [5.74, 6) is -1.06. The third-order valence-electron chi connectivity index (χ3n) is 5.16. The van der Waals surface area contributed by atoms with Crippen molar-refractivity contribution in [3.05, 3.63) is 70.3 Å². The monoisotopic (exact) mass is 407 g/mol. The van der Waals surface area contributed by atoms with Gasteiger partial charge in [-0.2, -0.15) is 0 Å². The molecule has 7 nitrogen and oxygen atoms in total. The molecule has 0 fully saturated rings. The Morgan fingerprint density at radius 2 is 1.60 bits per heavy atom. The number of rotatable bonds is 7. The largest absolute Gasteiger partial charge is 0.355 e. The number of unbranched alkanes of at least 4 members (excludes halogenated alkanes) is 1. The Balaban J connectivity index is 1.73. The lowest BCUT2D eigenvalue weighted by molar-refractivity contribution is 0.0651. The second kappa shape index (κ2) is 8.90. The van der Waals surface area contributed by atoms with Crippen molar-refractivity contribution >= 4 is 23.6 Å². The van der Waals surface area contributed by atoms with Crippen LogP contribution in [0.5, 0.6) is 0 Å². The molecule has 7 heteroatoms. The van der Waals surface area contributed by atoms with Gasteiger partial charge in [0.2, 0.25) is 0 Å². The van der Waals surface area contributed by atoms with E-state index in [9.17, 15) is 19.2 Å². The Morgan fingerprint density at radius 3 is 2.23 bits per heavy atom. The average Bonchev–Trinajstić information content (AvgIpc) is 3.00. The van der Waals surface area contributed by atoms with Crippen molar-refractivity contribution in [2.75, 3.05) is 20.6 Å². The van der Waals surface area contributed by atoms with Gasteiger partial charge in [-0.05, 0) is 42.3 Å². The van der Waals surface area contributed by atoms with Gasteiger partial charge in [-0.1, -0.05) is 25.5 Å². The first-order valence-electron chi connectivity index (χ1n) is 9.94. The minimum Gasteiger partial charge on any atom is -0.355 e.